The molecule has 1 saturated carbocycles. The zero-order valence-electron chi connectivity index (χ0n) is 12.7. The first kappa shape index (κ1) is 14.4. The van der Waals surface area contributed by atoms with Crippen LogP contribution in [-0.2, 0) is 13.1 Å². The molecule has 2 fully saturated rings. The number of nitrogens with one attached hydrogen (secondary N) is 1. The zero-order chi connectivity index (χ0) is 14.5. The zero-order valence-corrected chi connectivity index (χ0v) is 12.7. The number of likely N-dealkylation sites (tertiary alicyclic amines) is 1. The number of hydrogen-bond donors (Lipinski definition) is 2. The first-order valence-electron chi connectivity index (χ1n) is 8.17. The van der Waals surface area contributed by atoms with Crippen LogP contribution in [0.5, 0.6) is 0 Å². The highest BCUT2D eigenvalue weighted by Crippen LogP contribution is 2.19. The van der Waals surface area contributed by atoms with Crippen molar-refractivity contribution in [1.29, 1.82) is 0 Å². The number of nitrogens with zero attached hydrogens (tertiary/aromatic N) is 2. The maximum atomic E-state index is 5.93. The third-order valence-electron chi connectivity index (χ3n) is 4.31. The van der Waals surface area contributed by atoms with E-state index in [9.17, 15) is 0 Å². The molecule has 1 aromatic carbocycles. The van der Waals surface area contributed by atoms with E-state index in [2.05, 4.69) is 39.5 Å². The third-order valence-corrected chi connectivity index (χ3v) is 4.31. The fourth-order valence-corrected chi connectivity index (χ4v) is 2.88. The molecule has 3 rings (SSSR count). The van der Waals surface area contributed by atoms with E-state index in [1.54, 1.807) is 0 Å². The van der Waals surface area contributed by atoms with Crippen LogP contribution in [0, 0.1) is 0 Å². The Bertz CT molecular complexity index is 487. The maximum absolute atomic E-state index is 5.93. The molecule has 1 heterocycles. The molecule has 0 atom stereocenters. The van der Waals surface area contributed by atoms with E-state index in [4.69, 9.17) is 5.73 Å². The summed E-state index contributed by atoms with van der Waals surface area (Å²) < 4.78 is 0. The SMILES string of the molecule is NC(=NCc1ccccc1CN1CCCCC1)NC1CC1. The van der Waals surface area contributed by atoms with E-state index in [-0.39, 0.29) is 0 Å². The number of benzene rings is 1. The second-order valence-electron chi connectivity index (χ2n) is 6.23. The lowest BCUT2D eigenvalue weighted by molar-refractivity contribution is 0.220. The Morgan fingerprint density at radius 2 is 1.86 bits per heavy atom. The fourth-order valence-electron chi connectivity index (χ4n) is 2.88. The van der Waals surface area contributed by atoms with Gasteiger partial charge < -0.3 is 11.1 Å². The lowest BCUT2D eigenvalue weighted by atomic mass is 10.1. The normalized spacial score (nSPS) is 20.5. The van der Waals surface area contributed by atoms with Gasteiger partial charge in [0.15, 0.2) is 5.96 Å². The van der Waals surface area contributed by atoms with Gasteiger partial charge >= 0.3 is 0 Å². The van der Waals surface area contributed by atoms with E-state index < -0.39 is 0 Å². The molecule has 0 spiro atoms. The molecular weight excluding hydrogens is 260 g/mol. The Labute approximate surface area is 127 Å². The number of piperidine rings is 1. The summed E-state index contributed by atoms with van der Waals surface area (Å²) >= 11 is 0. The minimum Gasteiger partial charge on any atom is -0.370 e. The molecule has 0 radical (unpaired) electrons. The Morgan fingerprint density at radius 3 is 2.57 bits per heavy atom. The molecular formula is C17H26N4. The number of guanidine groups is 1. The molecule has 1 saturated heterocycles. The van der Waals surface area contributed by atoms with Crippen molar-refractivity contribution in [3.8, 4) is 0 Å². The predicted molar refractivity (Wildman–Crippen MR) is 87.1 cm³/mol. The lowest BCUT2D eigenvalue weighted by Crippen LogP contribution is -2.33. The van der Waals surface area contributed by atoms with Crippen LogP contribution in [0.4, 0.5) is 0 Å². The number of aliphatic imine (C=N–C) groups is 1. The molecule has 1 aliphatic heterocycles. The Hall–Kier alpha value is -1.55. The van der Waals surface area contributed by atoms with Gasteiger partial charge in [0, 0.05) is 12.6 Å². The van der Waals surface area contributed by atoms with Gasteiger partial charge in [-0.25, -0.2) is 4.99 Å². The standard InChI is InChI=1S/C17H26N4/c18-17(20-16-8-9-16)19-12-14-6-2-3-7-15(14)13-21-10-4-1-5-11-21/h2-3,6-7,16H,1,4-5,8-13H2,(H3,18,19,20). The van der Waals surface area contributed by atoms with Gasteiger partial charge in [0.25, 0.3) is 0 Å². The van der Waals surface area contributed by atoms with Crippen molar-refractivity contribution < 1.29 is 0 Å². The average Bonchev–Trinajstić information content (AvgIpc) is 3.31. The Balaban J connectivity index is 1.61. The predicted octanol–water partition coefficient (Wildman–Crippen LogP) is 2.24. The molecule has 1 aliphatic carbocycles. The van der Waals surface area contributed by atoms with Crippen molar-refractivity contribution in [2.75, 3.05) is 13.1 Å². The molecule has 4 nitrogen and oxygen atoms in total. The summed E-state index contributed by atoms with van der Waals surface area (Å²) in [5.74, 6) is 0.588. The van der Waals surface area contributed by atoms with Crippen molar-refractivity contribution in [3.63, 3.8) is 0 Å². The molecule has 1 aromatic rings. The van der Waals surface area contributed by atoms with E-state index in [1.165, 1.54) is 56.3 Å². The largest absolute Gasteiger partial charge is 0.370 e. The summed E-state index contributed by atoms with van der Waals surface area (Å²) in [6, 6.07) is 9.18. The van der Waals surface area contributed by atoms with E-state index in [0.29, 0.717) is 18.5 Å². The van der Waals surface area contributed by atoms with Gasteiger partial charge in [-0.05, 0) is 49.9 Å². The Kier molecular flexibility index (Phi) is 4.76. The molecule has 0 amide bonds. The molecule has 3 N–H and O–H groups in total. The summed E-state index contributed by atoms with van der Waals surface area (Å²) in [7, 11) is 0. The first-order chi connectivity index (χ1) is 10.3. The second kappa shape index (κ2) is 6.94. The average molecular weight is 286 g/mol. The monoisotopic (exact) mass is 286 g/mol. The van der Waals surface area contributed by atoms with Crippen molar-refractivity contribution in [2.24, 2.45) is 10.7 Å². The van der Waals surface area contributed by atoms with Crippen LogP contribution in [0.2, 0.25) is 0 Å². The van der Waals surface area contributed by atoms with Gasteiger partial charge in [0.1, 0.15) is 0 Å². The highest BCUT2D eigenvalue weighted by molar-refractivity contribution is 5.78. The van der Waals surface area contributed by atoms with Crippen molar-refractivity contribution in [3.05, 3.63) is 35.4 Å². The van der Waals surface area contributed by atoms with E-state index >= 15 is 0 Å². The van der Waals surface area contributed by atoms with Crippen LogP contribution in [0.1, 0.15) is 43.2 Å². The summed E-state index contributed by atoms with van der Waals surface area (Å²) in [5.41, 5.74) is 8.61. The summed E-state index contributed by atoms with van der Waals surface area (Å²) in [6.45, 7) is 4.17. The number of rotatable bonds is 5. The van der Waals surface area contributed by atoms with Crippen LogP contribution in [0.15, 0.2) is 29.3 Å². The molecule has 4 heteroatoms. The highest BCUT2D eigenvalue weighted by atomic mass is 15.1. The highest BCUT2D eigenvalue weighted by Gasteiger charge is 2.21. The van der Waals surface area contributed by atoms with Crippen molar-refractivity contribution >= 4 is 5.96 Å². The van der Waals surface area contributed by atoms with Crippen LogP contribution in [-0.4, -0.2) is 30.0 Å². The molecule has 114 valence electrons. The molecule has 0 unspecified atom stereocenters. The summed E-state index contributed by atoms with van der Waals surface area (Å²) in [5, 5.41) is 3.24. The maximum Gasteiger partial charge on any atom is 0.189 e. The van der Waals surface area contributed by atoms with E-state index in [1.807, 2.05) is 0 Å². The second-order valence-corrected chi connectivity index (χ2v) is 6.23. The van der Waals surface area contributed by atoms with Crippen LogP contribution >= 0.6 is 0 Å². The van der Waals surface area contributed by atoms with Gasteiger partial charge in [-0.15, -0.1) is 0 Å². The van der Waals surface area contributed by atoms with Gasteiger partial charge in [-0.3, -0.25) is 4.90 Å². The molecule has 0 bridgehead atoms. The Morgan fingerprint density at radius 1 is 1.14 bits per heavy atom. The van der Waals surface area contributed by atoms with Gasteiger partial charge in [0.2, 0.25) is 0 Å². The third kappa shape index (κ3) is 4.46. The minimum absolute atomic E-state index is 0.567. The quantitative estimate of drug-likeness (QED) is 0.645. The lowest BCUT2D eigenvalue weighted by Gasteiger charge is -2.27. The molecule has 0 aromatic heterocycles. The van der Waals surface area contributed by atoms with Gasteiger partial charge in [0.05, 0.1) is 6.54 Å². The topological polar surface area (TPSA) is 53.6 Å². The van der Waals surface area contributed by atoms with E-state index in [0.717, 1.165) is 6.54 Å². The van der Waals surface area contributed by atoms with Gasteiger partial charge in [-0.2, -0.15) is 0 Å². The van der Waals surface area contributed by atoms with Gasteiger partial charge in [-0.1, -0.05) is 30.7 Å². The van der Waals surface area contributed by atoms with Crippen LogP contribution in [0.25, 0.3) is 0 Å². The van der Waals surface area contributed by atoms with Crippen molar-refractivity contribution in [1.82, 2.24) is 10.2 Å². The molecule has 21 heavy (non-hydrogen) atoms. The van der Waals surface area contributed by atoms with Crippen molar-refractivity contribution in [2.45, 2.75) is 51.2 Å². The van der Waals surface area contributed by atoms with Crippen LogP contribution < -0.4 is 11.1 Å². The minimum atomic E-state index is 0.567. The first-order valence-corrected chi connectivity index (χ1v) is 8.17. The summed E-state index contributed by atoms with van der Waals surface area (Å²) in [6.07, 6.45) is 6.49. The molecule has 2 aliphatic rings. The smallest absolute Gasteiger partial charge is 0.189 e. The number of nitrogens with two attached hydrogens (primary N) is 1. The van der Waals surface area contributed by atoms with Crippen LogP contribution in [0.3, 0.4) is 0 Å². The summed E-state index contributed by atoms with van der Waals surface area (Å²) in [4.78, 5) is 7.05. The number of hydrogen-bond acceptors (Lipinski definition) is 2. The fraction of sp³-hybridized carbons (Fsp3) is 0.588.